The quantitative estimate of drug-likeness (QED) is 0.860. The molecule has 0 N–H and O–H groups in total. The first-order valence-corrected chi connectivity index (χ1v) is 9.01. The van der Waals surface area contributed by atoms with E-state index in [1.807, 2.05) is 35.2 Å². The molecular formula is C19H22N4O2. The van der Waals surface area contributed by atoms with Gasteiger partial charge in [0, 0.05) is 36.5 Å². The maximum atomic E-state index is 12.2. The van der Waals surface area contributed by atoms with E-state index in [0.717, 1.165) is 44.5 Å². The standard InChI is InChI=1S/C19H22N4O2/c1-22-10-19(11-23(12-19)18(24)14-7-8-14)9-15(22)17-21-20-16(25-17)13-5-3-2-4-6-13/h2-6,14-15H,7-12H2,1H3. The number of amides is 1. The Balaban J connectivity index is 1.29. The van der Waals surface area contributed by atoms with Crippen molar-refractivity contribution in [1.29, 1.82) is 0 Å². The van der Waals surface area contributed by atoms with Gasteiger partial charge < -0.3 is 9.32 Å². The number of hydrogen-bond donors (Lipinski definition) is 0. The fourth-order valence-electron chi connectivity index (χ4n) is 4.35. The van der Waals surface area contributed by atoms with Crippen molar-refractivity contribution in [2.24, 2.45) is 11.3 Å². The van der Waals surface area contributed by atoms with E-state index in [2.05, 4.69) is 22.1 Å². The van der Waals surface area contributed by atoms with E-state index in [1.165, 1.54) is 0 Å². The van der Waals surface area contributed by atoms with Crippen LogP contribution < -0.4 is 0 Å². The lowest BCUT2D eigenvalue weighted by atomic mass is 9.77. The number of carbonyl (C=O) groups is 1. The van der Waals surface area contributed by atoms with Crippen LogP contribution in [0.25, 0.3) is 11.5 Å². The molecule has 0 radical (unpaired) electrons. The van der Waals surface area contributed by atoms with E-state index in [9.17, 15) is 4.79 Å². The molecule has 1 aromatic carbocycles. The molecule has 1 saturated carbocycles. The van der Waals surface area contributed by atoms with Crippen LogP contribution in [0, 0.1) is 11.3 Å². The van der Waals surface area contributed by atoms with E-state index in [4.69, 9.17) is 4.42 Å². The van der Waals surface area contributed by atoms with Crippen molar-refractivity contribution >= 4 is 5.91 Å². The fourth-order valence-corrected chi connectivity index (χ4v) is 4.35. The first kappa shape index (κ1) is 15.1. The van der Waals surface area contributed by atoms with Crippen molar-refractivity contribution in [2.45, 2.75) is 25.3 Å². The second-order valence-corrected chi connectivity index (χ2v) is 7.92. The normalized spacial score (nSPS) is 25.3. The zero-order chi connectivity index (χ0) is 17.0. The lowest BCUT2D eigenvalue weighted by Crippen LogP contribution is -2.59. The zero-order valence-corrected chi connectivity index (χ0v) is 14.4. The lowest BCUT2D eigenvalue weighted by Gasteiger charge is -2.48. The minimum atomic E-state index is 0.142. The van der Waals surface area contributed by atoms with Crippen LogP contribution in [-0.2, 0) is 4.79 Å². The van der Waals surface area contributed by atoms with Gasteiger partial charge in [-0.2, -0.15) is 0 Å². The van der Waals surface area contributed by atoms with Gasteiger partial charge in [-0.3, -0.25) is 9.69 Å². The fraction of sp³-hybridized carbons (Fsp3) is 0.526. The second kappa shape index (κ2) is 5.39. The predicted molar refractivity (Wildman–Crippen MR) is 91.5 cm³/mol. The molecule has 1 aromatic heterocycles. The lowest BCUT2D eigenvalue weighted by molar-refractivity contribution is -0.144. The molecule has 1 amide bonds. The summed E-state index contributed by atoms with van der Waals surface area (Å²) in [5.41, 5.74) is 1.15. The Bertz CT molecular complexity index is 793. The van der Waals surface area contributed by atoms with Gasteiger partial charge in [-0.05, 0) is 38.4 Å². The minimum absolute atomic E-state index is 0.142. The highest BCUT2D eigenvalue weighted by Crippen LogP contribution is 2.48. The molecule has 1 spiro atoms. The number of nitrogens with zero attached hydrogens (tertiary/aromatic N) is 4. The highest BCUT2D eigenvalue weighted by molar-refractivity contribution is 5.82. The van der Waals surface area contributed by atoms with Crippen molar-refractivity contribution in [3.8, 4) is 11.5 Å². The highest BCUT2D eigenvalue weighted by Gasteiger charge is 2.54. The number of hydrogen-bond acceptors (Lipinski definition) is 5. The molecule has 1 atom stereocenters. The van der Waals surface area contributed by atoms with E-state index >= 15 is 0 Å². The van der Waals surface area contributed by atoms with Gasteiger partial charge in [0.1, 0.15) is 0 Å². The van der Waals surface area contributed by atoms with Crippen LogP contribution in [0.2, 0.25) is 0 Å². The molecule has 3 heterocycles. The first-order chi connectivity index (χ1) is 12.1. The zero-order valence-electron chi connectivity index (χ0n) is 14.4. The van der Waals surface area contributed by atoms with Gasteiger partial charge in [0.2, 0.25) is 17.7 Å². The van der Waals surface area contributed by atoms with Gasteiger partial charge in [0.05, 0.1) is 6.04 Å². The summed E-state index contributed by atoms with van der Waals surface area (Å²) in [7, 11) is 2.11. The number of aromatic nitrogens is 2. The Morgan fingerprint density at radius 2 is 1.92 bits per heavy atom. The molecule has 2 aromatic rings. The average molecular weight is 338 g/mol. The van der Waals surface area contributed by atoms with Gasteiger partial charge in [0.15, 0.2) is 0 Å². The van der Waals surface area contributed by atoms with E-state index < -0.39 is 0 Å². The molecule has 5 rings (SSSR count). The first-order valence-electron chi connectivity index (χ1n) is 9.01. The molecule has 3 aliphatic rings. The average Bonchev–Trinajstić information content (AvgIpc) is 3.22. The molecule has 6 heteroatoms. The smallest absolute Gasteiger partial charge is 0.247 e. The summed E-state index contributed by atoms with van der Waals surface area (Å²) in [4.78, 5) is 16.5. The van der Waals surface area contributed by atoms with Gasteiger partial charge in [-0.1, -0.05) is 18.2 Å². The topological polar surface area (TPSA) is 62.5 Å². The van der Waals surface area contributed by atoms with Crippen LogP contribution in [0.4, 0.5) is 0 Å². The summed E-state index contributed by atoms with van der Waals surface area (Å²) < 4.78 is 5.96. The molecule has 2 saturated heterocycles. The Labute approximate surface area is 146 Å². The third-order valence-electron chi connectivity index (χ3n) is 5.78. The van der Waals surface area contributed by atoms with Gasteiger partial charge >= 0.3 is 0 Å². The van der Waals surface area contributed by atoms with Crippen LogP contribution >= 0.6 is 0 Å². The third-order valence-corrected chi connectivity index (χ3v) is 5.78. The number of rotatable bonds is 3. The molecule has 3 fully saturated rings. The Morgan fingerprint density at radius 3 is 2.64 bits per heavy atom. The van der Waals surface area contributed by atoms with Gasteiger partial charge in [-0.25, -0.2) is 0 Å². The largest absolute Gasteiger partial charge is 0.419 e. The molecule has 25 heavy (non-hydrogen) atoms. The van der Waals surface area contributed by atoms with Crippen LogP contribution in [0.5, 0.6) is 0 Å². The second-order valence-electron chi connectivity index (χ2n) is 7.92. The van der Waals surface area contributed by atoms with Crippen molar-refractivity contribution in [2.75, 3.05) is 26.7 Å². The van der Waals surface area contributed by atoms with Crippen LogP contribution in [0.3, 0.4) is 0 Å². The molecule has 130 valence electrons. The Kier molecular flexibility index (Phi) is 3.25. The molecule has 1 aliphatic carbocycles. The Hall–Kier alpha value is -2.21. The third kappa shape index (κ3) is 2.56. The van der Waals surface area contributed by atoms with E-state index in [-0.39, 0.29) is 11.5 Å². The summed E-state index contributed by atoms with van der Waals surface area (Å²) in [6, 6.07) is 10.0. The van der Waals surface area contributed by atoms with E-state index in [0.29, 0.717) is 23.6 Å². The SMILES string of the molecule is CN1CC2(CC1c1nnc(-c3ccccc3)o1)CN(C(=O)C1CC1)C2. The van der Waals surface area contributed by atoms with Gasteiger partial charge in [-0.15, -0.1) is 10.2 Å². The summed E-state index contributed by atoms with van der Waals surface area (Å²) in [5.74, 6) is 1.94. The summed E-state index contributed by atoms with van der Waals surface area (Å²) in [5, 5.41) is 8.53. The number of carbonyl (C=O) groups excluding carboxylic acids is 1. The van der Waals surface area contributed by atoms with Gasteiger partial charge in [0.25, 0.3) is 0 Å². The van der Waals surface area contributed by atoms with Crippen LogP contribution in [0.1, 0.15) is 31.2 Å². The highest BCUT2D eigenvalue weighted by atomic mass is 16.4. The van der Waals surface area contributed by atoms with Crippen molar-refractivity contribution < 1.29 is 9.21 Å². The molecule has 0 bridgehead atoms. The maximum Gasteiger partial charge on any atom is 0.247 e. The summed E-state index contributed by atoms with van der Waals surface area (Å²) in [6.45, 7) is 2.74. The maximum absolute atomic E-state index is 12.2. The number of benzene rings is 1. The monoisotopic (exact) mass is 338 g/mol. The van der Waals surface area contributed by atoms with Crippen molar-refractivity contribution in [1.82, 2.24) is 20.0 Å². The molecule has 6 nitrogen and oxygen atoms in total. The van der Waals surface area contributed by atoms with Crippen molar-refractivity contribution in [3.63, 3.8) is 0 Å². The number of likely N-dealkylation sites (tertiary alicyclic amines) is 2. The predicted octanol–water partition coefficient (Wildman–Crippen LogP) is 2.35. The molecule has 1 unspecified atom stereocenters. The summed E-state index contributed by atoms with van der Waals surface area (Å²) in [6.07, 6.45) is 3.14. The Morgan fingerprint density at radius 1 is 1.16 bits per heavy atom. The van der Waals surface area contributed by atoms with Crippen LogP contribution in [-0.4, -0.2) is 52.6 Å². The van der Waals surface area contributed by atoms with Crippen molar-refractivity contribution in [3.05, 3.63) is 36.2 Å². The molecular weight excluding hydrogens is 316 g/mol. The minimum Gasteiger partial charge on any atom is -0.419 e. The van der Waals surface area contributed by atoms with E-state index in [1.54, 1.807) is 0 Å². The summed E-state index contributed by atoms with van der Waals surface area (Å²) >= 11 is 0. The van der Waals surface area contributed by atoms with Crippen LogP contribution in [0.15, 0.2) is 34.7 Å². The molecule has 2 aliphatic heterocycles.